The zero-order valence-electron chi connectivity index (χ0n) is 14.1. The van der Waals surface area contributed by atoms with Crippen LogP contribution in [0.5, 0.6) is 0 Å². The molecule has 0 aliphatic carbocycles. The SMILES string of the molecule is Clc1ccc2c(c1)oc1ccc3nc(-c4cccc5ccccc45)oc3c12. The molecule has 27 heavy (non-hydrogen) atoms. The lowest BCUT2D eigenvalue weighted by molar-refractivity contribution is 0.623. The van der Waals surface area contributed by atoms with Gasteiger partial charge in [0, 0.05) is 22.0 Å². The van der Waals surface area contributed by atoms with Crippen molar-refractivity contribution >= 4 is 55.4 Å². The van der Waals surface area contributed by atoms with Crippen molar-refractivity contribution in [2.24, 2.45) is 0 Å². The van der Waals surface area contributed by atoms with Gasteiger partial charge in [0.15, 0.2) is 5.58 Å². The summed E-state index contributed by atoms with van der Waals surface area (Å²) in [5, 5.41) is 4.82. The van der Waals surface area contributed by atoms with Gasteiger partial charge in [0.05, 0.1) is 5.39 Å². The minimum Gasteiger partial charge on any atom is -0.456 e. The molecule has 0 N–H and O–H groups in total. The third kappa shape index (κ3) is 2.12. The average molecular weight is 370 g/mol. The van der Waals surface area contributed by atoms with Gasteiger partial charge in [0.2, 0.25) is 5.89 Å². The zero-order valence-corrected chi connectivity index (χ0v) is 14.8. The summed E-state index contributed by atoms with van der Waals surface area (Å²) in [6.45, 7) is 0. The Kier molecular flexibility index (Phi) is 2.94. The quantitative estimate of drug-likeness (QED) is 0.307. The Morgan fingerprint density at radius 2 is 1.63 bits per heavy atom. The Hall–Kier alpha value is -3.30. The number of benzene rings is 4. The van der Waals surface area contributed by atoms with Crippen molar-refractivity contribution in [3.05, 3.63) is 77.8 Å². The van der Waals surface area contributed by atoms with E-state index in [-0.39, 0.29) is 0 Å². The summed E-state index contributed by atoms with van der Waals surface area (Å²) in [5.41, 5.74) is 4.03. The van der Waals surface area contributed by atoms with E-state index in [0.717, 1.165) is 49.4 Å². The first-order chi connectivity index (χ1) is 13.3. The molecule has 0 saturated carbocycles. The first kappa shape index (κ1) is 14.8. The molecule has 2 heterocycles. The summed E-state index contributed by atoms with van der Waals surface area (Å²) in [6, 6.07) is 23.9. The lowest BCUT2D eigenvalue weighted by Gasteiger charge is -2.02. The molecular formula is C23H12ClNO2. The highest BCUT2D eigenvalue weighted by Crippen LogP contribution is 2.38. The van der Waals surface area contributed by atoms with Crippen molar-refractivity contribution in [3.63, 3.8) is 0 Å². The topological polar surface area (TPSA) is 39.2 Å². The number of oxazole rings is 1. The first-order valence-electron chi connectivity index (χ1n) is 8.67. The van der Waals surface area contributed by atoms with Crippen LogP contribution < -0.4 is 0 Å². The van der Waals surface area contributed by atoms with Crippen molar-refractivity contribution in [1.29, 1.82) is 0 Å². The number of halogens is 1. The number of hydrogen-bond donors (Lipinski definition) is 0. The van der Waals surface area contributed by atoms with Crippen LogP contribution in [0.1, 0.15) is 0 Å². The predicted molar refractivity (Wildman–Crippen MR) is 109 cm³/mol. The Morgan fingerprint density at radius 1 is 0.741 bits per heavy atom. The maximum absolute atomic E-state index is 6.27. The van der Waals surface area contributed by atoms with Gasteiger partial charge in [-0.3, -0.25) is 0 Å². The second-order valence-corrected chi connectivity index (χ2v) is 7.01. The van der Waals surface area contributed by atoms with Gasteiger partial charge in [0.1, 0.15) is 16.7 Å². The van der Waals surface area contributed by atoms with E-state index in [1.807, 2.05) is 54.6 Å². The monoisotopic (exact) mass is 369 g/mol. The van der Waals surface area contributed by atoms with E-state index in [0.29, 0.717) is 10.9 Å². The molecule has 0 aliphatic rings. The highest BCUT2D eigenvalue weighted by molar-refractivity contribution is 6.31. The molecule has 3 nitrogen and oxygen atoms in total. The van der Waals surface area contributed by atoms with E-state index >= 15 is 0 Å². The van der Waals surface area contributed by atoms with Crippen LogP contribution in [0, 0.1) is 0 Å². The van der Waals surface area contributed by atoms with Gasteiger partial charge < -0.3 is 8.83 Å². The molecular weight excluding hydrogens is 358 g/mol. The van der Waals surface area contributed by atoms with Crippen LogP contribution in [-0.4, -0.2) is 4.98 Å². The van der Waals surface area contributed by atoms with Crippen molar-refractivity contribution in [2.75, 3.05) is 0 Å². The summed E-state index contributed by atoms with van der Waals surface area (Å²) in [5.74, 6) is 0.609. The number of nitrogens with zero attached hydrogens (tertiary/aromatic N) is 1. The third-order valence-electron chi connectivity index (χ3n) is 4.97. The van der Waals surface area contributed by atoms with Crippen LogP contribution >= 0.6 is 11.6 Å². The number of hydrogen-bond acceptors (Lipinski definition) is 3. The lowest BCUT2D eigenvalue weighted by Crippen LogP contribution is -1.80. The molecule has 128 valence electrons. The Bertz CT molecular complexity index is 1490. The molecule has 0 atom stereocenters. The molecule has 0 aliphatic heterocycles. The summed E-state index contributed by atoms with van der Waals surface area (Å²) in [7, 11) is 0. The summed E-state index contributed by atoms with van der Waals surface area (Å²) < 4.78 is 12.2. The second kappa shape index (κ2) is 5.35. The van der Waals surface area contributed by atoms with Gasteiger partial charge in [-0.2, -0.15) is 0 Å². The third-order valence-corrected chi connectivity index (χ3v) is 5.21. The molecule has 0 spiro atoms. The number of aromatic nitrogens is 1. The van der Waals surface area contributed by atoms with Crippen molar-refractivity contribution in [2.45, 2.75) is 0 Å². The summed E-state index contributed by atoms with van der Waals surface area (Å²) in [4.78, 5) is 4.75. The van der Waals surface area contributed by atoms with Crippen molar-refractivity contribution in [1.82, 2.24) is 4.98 Å². The fraction of sp³-hybridized carbons (Fsp3) is 0. The van der Waals surface area contributed by atoms with Gasteiger partial charge in [-0.05, 0) is 41.1 Å². The van der Waals surface area contributed by atoms with E-state index in [1.165, 1.54) is 0 Å². The first-order valence-corrected chi connectivity index (χ1v) is 9.05. The van der Waals surface area contributed by atoms with Crippen molar-refractivity contribution < 1.29 is 8.83 Å². The molecule has 0 bridgehead atoms. The van der Waals surface area contributed by atoms with Gasteiger partial charge in [-0.1, -0.05) is 48.0 Å². The van der Waals surface area contributed by atoms with Crippen LogP contribution in [-0.2, 0) is 0 Å². The van der Waals surface area contributed by atoms with E-state index in [9.17, 15) is 0 Å². The molecule has 0 amide bonds. The molecule has 4 aromatic carbocycles. The molecule has 6 rings (SSSR count). The Morgan fingerprint density at radius 3 is 2.59 bits per heavy atom. The smallest absolute Gasteiger partial charge is 0.227 e. The second-order valence-electron chi connectivity index (χ2n) is 6.58. The Balaban J connectivity index is 1.70. The lowest BCUT2D eigenvalue weighted by atomic mass is 10.0. The number of rotatable bonds is 1. The highest BCUT2D eigenvalue weighted by Gasteiger charge is 2.17. The van der Waals surface area contributed by atoms with E-state index < -0.39 is 0 Å². The molecule has 0 radical (unpaired) electrons. The largest absolute Gasteiger partial charge is 0.456 e. The molecule has 0 unspecified atom stereocenters. The fourth-order valence-corrected chi connectivity index (χ4v) is 3.91. The fourth-order valence-electron chi connectivity index (χ4n) is 3.75. The number of furan rings is 1. The number of fused-ring (bicyclic) bond motifs is 6. The zero-order chi connectivity index (χ0) is 18.0. The van der Waals surface area contributed by atoms with Gasteiger partial charge >= 0.3 is 0 Å². The van der Waals surface area contributed by atoms with Crippen molar-refractivity contribution in [3.8, 4) is 11.5 Å². The van der Waals surface area contributed by atoms with E-state index in [1.54, 1.807) is 0 Å². The molecule has 6 aromatic rings. The standard InChI is InChI=1S/C23H12ClNO2/c24-14-8-9-17-20(12-14)26-19-11-10-18-22(21(17)19)27-23(25-18)16-7-3-5-13-4-1-2-6-15(13)16/h1-12H. The van der Waals surface area contributed by atoms with Crippen LogP contribution in [0.3, 0.4) is 0 Å². The van der Waals surface area contributed by atoms with Crippen LogP contribution in [0.25, 0.3) is 55.3 Å². The maximum atomic E-state index is 6.27. The predicted octanol–water partition coefficient (Wildman–Crippen LogP) is 7.20. The molecule has 2 aromatic heterocycles. The van der Waals surface area contributed by atoms with Gasteiger partial charge in [-0.25, -0.2) is 4.98 Å². The maximum Gasteiger partial charge on any atom is 0.227 e. The van der Waals surface area contributed by atoms with Gasteiger partial charge in [0.25, 0.3) is 0 Å². The van der Waals surface area contributed by atoms with E-state index in [2.05, 4.69) is 18.2 Å². The highest BCUT2D eigenvalue weighted by atomic mass is 35.5. The van der Waals surface area contributed by atoms with Gasteiger partial charge in [-0.15, -0.1) is 0 Å². The molecule has 0 fully saturated rings. The van der Waals surface area contributed by atoms with Crippen LogP contribution in [0.4, 0.5) is 0 Å². The Labute approximate surface area is 158 Å². The summed E-state index contributed by atoms with van der Waals surface area (Å²) in [6.07, 6.45) is 0. The minimum atomic E-state index is 0.609. The molecule has 0 saturated heterocycles. The van der Waals surface area contributed by atoms with Crippen LogP contribution in [0.2, 0.25) is 5.02 Å². The molecule has 4 heteroatoms. The normalized spacial score (nSPS) is 11.9. The van der Waals surface area contributed by atoms with E-state index in [4.69, 9.17) is 25.4 Å². The minimum absolute atomic E-state index is 0.609. The summed E-state index contributed by atoms with van der Waals surface area (Å²) >= 11 is 6.11. The average Bonchev–Trinajstić information content (AvgIpc) is 3.27. The van der Waals surface area contributed by atoms with Crippen LogP contribution in [0.15, 0.2) is 81.6 Å².